The van der Waals surface area contributed by atoms with Gasteiger partial charge in [0.1, 0.15) is 24.4 Å². The van der Waals surface area contributed by atoms with Crippen LogP contribution in [-0.4, -0.2) is 87.5 Å². The SMILES string of the molecule is CCCC/C=C\C/C=C\CCCCCCCC(=O)NC(COC1OC(CO)C(O)C(O)C1O)C(O)/C=C/CC/C=C/CCCCCCCCCCCCCCCCCCCC. The van der Waals surface area contributed by atoms with E-state index in [4.69, 9.17) is 9.47 Å². The van der Waals surface area contributed by atoms with Crippen LogP contribution in [0, 0.1) is 0 Å². The molecule has 0 aromatic heterocycles. The van der Waals surface area contributed by atoms with Gasteiger partial charge in [0, 0.05) is 6.42 Å². The van der Waals surface area contributed by atoms with Gasteiger partial charge in [-0.3, -0.25) is 4.79 Å². The van der Waals surface area contributed by atoms with Crippen molar-refractivity contribution < 1.29 is 39.8 Å². The molecule has 0 saturated carbocycles. The van der Waals surface area contributed by atoms with E-state index >= 15 is 0 Å². The standard InChI is InChI=1S/C52H95NO8/c1-3-5-7-9-11-13-15-17-19-20-21-22-23-24-25-26-27-28-29-31-33-35-37-39-41-46(55)45(44-60-52-51(59)50(58)49(57)47(43-54)61-52)53-48(56)42-40-38-36-34-32-30-18-16-14-12-10-8-6-4-2/h10,12,16,18,31,33,39,41,45-47,49-52,54-55,57-59H,3-9,11,13-15,17,19-30,32,34-38,40,42-44H2,1-2H3,(H,53,56)/b12-10-,18-16-,33-31+,41-39+. The monoisotopic (exact) mass is 862 g/mol. The van der Waals surface area contributed by atoms with Crippen LogP contribution < -0.4 is 5.32 Å². The van der Waals surface area contributed by atoms with Gasteiger partial charge >= 0.3 is 0 Å². The third-order valence-corrected chi connectivity index (χ3v) is 11.9. The number of amides is 1. The Morgan fingerprint density at radius 1 is 0.557 bits per heavy atom. The highest BCUT2D eigenvalue weighted by molar-refractivity contribution is 5.76. The molecule has 356 valence electrons. The first kappa shape index (κ1) is 57.2. The number of hydrogen-bond acceptors (Lipinski definition) is 8. The lowest BCUT2D eigenvalue weighted by Gasteiger charge is -2.40. The molecule has 9 heteroatoms. The molecule has 1 rings (SSSR count). The number of nitrogens with one attached hydrogen (secondary N) is 1. The quantitative estimate of drug-likeness (QED) is 0.0262. The molecule has 0 aliphatic carbocycles. The van der Waals surface area contributed by atoms with Crippen LogP contribution in [0.15, 0.2) is 48.6 Å². The average Bonchev–Trinajstić information content (AvgIpc) is 3.26. The zero-order valence-electron chi connectivity index (χ0n) is 39.2. The van der Waals surface area contributed by atoms with Crippen molar-refractivity contribution in [1.82, 2.24) is 5.32 Å². The minimum absolute atomic E-state index is 0.202. The van der Waals surface area contributed by atoms with E-state index in [9.17, 15) is 30.3 Å². The highest BCUT2D eigenvalue weighted by atomic mass is 16.7. The van der Waals surface area contributed by atoms with Crippen molar-refractivity contribution in [3.05, 3.63) is 48.6 Å². The van der Waals surface area contributed by atoms with Crippen LogP contribution in [0.1, 0.15) is 219 Å². The van der Waals surface area contributed by atoms with E-state index in [0.29, 0.717) is 6.42 Å². The van der Waals surface area contributed by atoms with Gasteiger partial charge in [-0.25, -0.2) is 0 Å². The van der Waals surface area contributed by atoms with Gasteiger partial charge in [0.15, 0.2) is 6.29 Å². The fraction of sp³-hybridized carbons (Fsp3) is 0.827. The van der Waals surface area contributed by atoms with Gasteiger partial charge in [-0.1, -0.05) is 204 Å². The first-order valence-electron chi connectivity index (χ1n) is 25.4. The van der Waals surface area contributed by atoms with Crippen molar-refractivity contribution in [3.63, 3.8) is 0 Å². The summed E-state index contributed by atoms with van der Waals surface area (Å²) in [6.45, 7) is 3.71. The van der Waals surface area contributed by atoms with Gasteiger partial charge in [0.25, 0.3) is 0 Å². The number of carbonyl (C=O) groups is 1. The van der Waals surface area contributed by atoms with Gasteiger partial charge < -0.3 is 40.3 Å². The molecule has 7 unspecified atom stereocenters. The molecule has 1 aliphatic rings. The van der Waals surface area contributed by atoms with Crippen LogP contribution in [-0.2, 0) is 14.3 Å². The molecule has 1 aliphatic heterocycles. The van der Waals surface area contributed by atoms with Crippen molar-refractivity contribution in [2.24, 2.45) is 0 Å². The number of rotatable bonds is 42. The molecular formula is C52H95NO8. The molecule has 1 heterocycles. The second-order valence-corrected chi connectivity index (χ2v) is 17.6. The van der Waals surface area contributed by atoms with E-state index in [0.717, 1.165) is 70.6 Å². The smallest absolute Gasteiger partial charge is 0.220 e. The number of ether oxygens (including phenoxy) is 2. The maximum absolute atomic E-state index is 13.0. The summed E-state index contributed by atoms with van der Waals surface area (Å²) in [6, 6.07) is -0.829. The number of aliphatic hydroxyl groups excluding tert-OH is 5. The van der Waals surface area contributed by atoms with E-state index in [1.807, 2.05) is 6.08 Å². The number of aliphatic hydroxyl groups is 5. The number of hydrogen-bond donors (Lipinski definition) is 6. The number of allylic oxidation sites excluding steroid dienone is 7. The van der Waals surface area contributed by atoms with Crippen molar-refractivity contribution in [1.29, 1.82) is 0 Å². The number of carbonyl (C=O) groups excluding carboxylic acids is 1. The summed E-state index contributed by atoms with van der Waals surface area (Å²) < 4.78 is 11.2. The minimum Gasteiger partial charge on any atom is -0.394 e. The zero-order valence-corrected chi connectivity index (χ0v) is 39.2. The summed E-state index contributed by atoms with van der Waals surface area (Å²) in [5.74, 6) is -0.202. The fourth-order valence-corrected chi connectivity index (χ4v) is 7.78. The van der Waals surface area contributed by atoms with Crippen LogP contribution >= 0.6 is 0 Å². The molecule has 61 heavy (non-hydrogen) atoms. The van der Waals surface area contributed by atoms with E-state index in [1.54, 1.807) is 6.08 Å². The Balaban J connectivity index is 2.31. The van der Waals surface area contributed by atoms with E-state index in [1.165, 1.54) is 128 Å². The predicted octanol–water partition coefficient (Wildman–Crippen LogP) is 11.4. The molecular weight excluding hydrogens is 767 g/mol. The van der Waals surface area contributed by atoms with Crippen LogP contribution in [0.4, 0.5) is 0 Å². The van der Waals surface area contributed by atoms with E-state index < -0.39 is 49.5 Å². The van der Waals surface area contributed by atoms with Crippen molar-refractivity contribution in [2.75, 3.05) is 13.2 Å². The largest absolute Gasteiger partial charge is 0.394 e. The van der Waals surface area contributed by atoms with Crippen molar-refractivity contribution in [2.45, 2.75) is 262 Å². The topological polar surface area (TPSA) is 149 Å². The van der Waals surface area contributed by atoms with Gasteiger partial charge in [0.05, 0.1) is 25.4 Å². The summed E-state index contributed by atoms with van der Waals surface area (Å²) in [4.78, 5) is 13.0. The Morgan fingerprint density at radius 3 is 1.52 bits per heavy atom. The molecule has 7 atom stereocenters. The molecule has 0 spiro atoms. The average molecular weight is 862 g/mol. The highest BCUT2D eigenvalue weighted by Gasteiger charge is 2.44. The third-order valence-electron chi connectivity index (χ3n) is 11.9. The summed E-state index contributed by atoms with van der Waals surface area (Å²) >= 11 is 0. The second-order valence-electron chi connectivity index (χ2n) is 17.6. The number of unbranched alkanes of at least 4 members (excludes halogenated alkanes) is 26. The van der Waals surface area contributed by atoms with Gasteiger partial charge in [0.2, 0.25) is 5.91 Å². The molecule has 1 fully saturated rings. The van der Waals surface area contributed by atoms with Gasteiger partial charge in [-0.05, 0) is 57.8 Å². The summed E-state index contributed by atoms with van der Waals surface area (Å²) in [7, 11) is 0. The third kappa shape index (κ3) is 32.5. The summed E-state index contributed by atoms with van der Waals surface area (Å²) in [6.07, 6.45) is 47.4. The Bertz CT molecular complexity index is 1090. The maximum Gasteiger partial charge on any atom is 0.220 e. The molecule has 0 aromatic rings. The summed E-state index contributed by atoms with van der Waals surface area (Å²) in [5.41, 5.74) is 0. The normalized spacial score (nSPS) is 20.8. The Labute approximate surface area is 373 Å². The lowest BCUT2D eigenvalue weighted by molar-refractivity contribution is -0.302. The molecule has 9 nitrogen and oxygen atoms in total. The Hall–Kier alpha value is -1.85. The maximum atomic E-state index is 13.0. The minimum atomic E-state index is -1.57. The van der Waals surface area contributed by atoms with E-state index in [2.05, 4.69) is 55.6 Å². The predicted molar refractivity (Wildman–Crippen MR) is 253 cm³/mol. The van der Waals surface area contributed by atoms with Crippen LogP contribution in [0.3, 0.4) is 0 Å². The van der Waals surface area contributed by atoms with Crippen molar-refractivity contribution in [3.8, 4) is 0 Å². The Kier molecular flexibility index (Phi) is 39.5. The second kappa shape index (κ2) is 42.1. The lowest BCUT2D eigenvalue weighted by atomic mass is 9.99. The van der Waals surface area contributed by atoms with Gasteiger partial charge in [-0.2, -0.15) is 0 Å². The zero-order chi connectivity index (χ0) is 44.4. The van der Waals surface area contributed by atoms with Gasteiger partial charge in [-0.15, -0.1) is 0 Å². The Morgan fingerprint density at radius 2 is 1.00 bits per heavy atom. The first-order valence-corrected chi connectivity index (χ1v) is 25.4. The molecule has 1 amide bonds. The summed E-state index contributed by atoms with van der Waals surface area (Å²) in [5, 5.41) is 54.3. The molecule has 0 aromatic carbocycles. The highest BCUT2D eigenvalue weighted by Crippen LogP contribution is 2.23. The molecule has 1 saturated heterocycles. The van der Waals surface area contributed by atoms with Crippen LogP contribution in [0.25, 0.3) is 0 Å². The molecule has 6 N–H and O–H groups in total. The van der Waals surface area contributed by atoms with Crippen LogP contribution in [0.5, 0.6) is 0 Å². The van der Waals surface area contributed by atoms with Crippen molar-refractivity contribution >= 4 is 5.91 Å². The molecule has 0 radical (unpaired) electrons. The van der Waals surface area contributed by atoms with E-state index in [-0.39, 0.29) is 12.5 Å². The molecule has 0 bridgehead atoms. The van der Waals surface area contributed by atoms with Crippen LogP contribution in [0.2, 0.25) is 0 Å². The lowest BCUT2D eigenvalue weighted by Crippen LogP contribution is -2.60. The fourth-order valence-electron chi connectivity index (χ4n) is 7.78. The first-order chi connectivity index (χ1) is 29.8.